The summed E-state index contributed by atoms with van der Waals surface area (Å²) in [6.45, 7) is 6.16. The average molecular weight is 378 g/mol. The normalized spacial score (nSPS) is 10.4. The third-order valence-electron chi connectivity index (χ3n) is 4.40. The van der Waals surface area contributed by atoms with E-state index in [9.17, 15) is 9.18 Å². The Balaban J connectivity index is 1.71. The van der Waals surface area contributed by atoms with E-state index in [4.69, 9.17) is 0 Å². The lowest BCUT2D eigenvalue weighted by molar-refractivity contribution is 0.102. The van der Waals surface area contributed by atoms with Crippen molar-refractivity contribution in [2.24, 2.45) is 0 Å². The van der Waals surface area contributed by atoms with Crippen LogP contribution in [0, 0.1) is 5.82 Å². The number of hydrogen-bond acceptors (Lipinski definition) is 4. The van der Waals surface area contributed by atoms with Gasteiger partial charge in [-0.25, -0.2) is 4.39 Å². The lowest BCUT2D eigenvalue weighted by Crippen LogP contribution is -2.21. The minimum atomic E-state index is -0.488. The predicted molar refractivity (Wildman–Crippen MR) is 112 cm³/mol. The summed E-state index contributed by atoms with van der Waals surface area (Å²) in [5.74, 6) is -0.955. The van der Waals surface area contributed by atoms with Crippen molar-refractivity contribution in [3.8, 4) is 0 Å². The van der Waals surface area contributed by atoms with Gasteiger partial charge in [-0.15, -0.1) is 0 Å². The zero-order valence-corrected chi connectivity index (χ0v) is 15.9. The third kappa shape index (κ3) is 4.65. The van der Waals surface area contributed by atoms with Crippen LogP contribution in [0.5, 0.6) is 0 Å². The number of para-hydroxylation sites is 1. The molecule has 0 saturated carbocycles. The summed E-state index contributed by atoms with van der Waals surface area (Å²) >= 11 is 0. The highest BCUT2D eigenvalue weighted by molar-refractivity contribution is 6.03. The molecule has 2 N–H and O–H groups in total. The number of pyridine rings is 1. The van der Waals surface area contributed by atoms with Crippen LogP contribution in [0.3, 0.4) is 0 Å². The molecule has 0 radical (unpaired) electrons. The number of rotatable bonds is 7. The van der Waals surface area contributed by atoms with E-state index in [-0.39, 0.29) is 11.4 Å². The molecule has 0 saturated heterocycles. The zero-order chi connectivity index (χ0) is 19.9. The summed E-state index contributed by atoms with van der Waals surface area (Å²) in [6.07, 6.45) is 1.54. The second-order valence-electron chi connectivity index (χ2n) is 6.21. The first kappa shape index (κ1) is 19.4. The number of carbonyl (C=O) groups excluding carboxylic acids is 1. The van der Waals surface area contributed by atoms with Crippen LogP contribution in [0.25, 0.3) is 0 Å². The molecule has 0 spiro atoms. The topological polar surface area (TPSA) is 57.3 Å². The number of aromatic nitrogens is 1. The summed E-state index contributed by atoms with van der Waals surface area (Å²) in [5, 5.41) is 5.80. The highest BCUT2D eigenvalue weighted by Crippen LogP contribution is 2.22. The van der Waals surface area contributed by atoms with Crippen LogP contribution in [-0.2, 0) is 0 Å². The molecule has 3 rings (SSSR count). The van der Waals surface area contributed by atoms with Gasteiger partial charge in [0, 0.05) is 36.3 Å². The van der Waals surface area contributed by atoms with Crippen LogP contribution < -0.4 is 15.5 Å². The predicted octanol–water partition coefficient (Wildman–Crippen LogP) is 5.06. The summed E-state index contributed by atoms with van der Waals surface area (Å²) in [5.41, 5.74) is 3.12. The molecular formula is C22H23FN4O. The molecule has 2 aromatic carbocycles. The largest absolute Gasteiger partial charge is 0.372 e. The van der Waals surface area contributed by atoms with Crippen molar-refractivity contribution in [2.45, 2.75) is 13.8 Å². The van der Waals surface area contributed by atoms with E-state index in [1.165, 1.54) is 12.1 Å². The number of halogens is 1. The molecule has 0 aliphatic heterocycles. The molecule has 0 aliphatic rings. The van der Waals surface area contributed by atoms with Gasteiger partial charge in [0.1, 0.15) is 11.5 Å². The van der Waals surface area contributed by atoms with Crippen LogP contribution in [0.4, 0.5) is 27.1 Å². The molecule has 0 aliphatic carbocycles. The molecule has 0 bridgehead atoms. The maximum Gasteiger partial charge on any atom is 0.274 e. The number of nitrogens with zero attached hydrogens (tertiary/aromatic N) is 2. The maximum absolute atomic E-state index is 13.7. The minimum Gasteiger partial charge on any atom is -0.372 e. The fraction of sp³-hybridized carbons (Fsp3) is 0.182. The molecule has 28 heavy (non-hydrogen) atoms. The molecule has 3 aromatic rings. The molecular weight excluding hydrogens is 355 g/mol. The van der Waals surface area contributed by atoms with Crippen LogP contribution in [0.2, 0.25) is 0 Å². The highest BCUT2D eigenvalue weighted by Gasteiger charge is 2.11. The van der Waals surface area contributed by atoms with E-state index >= 15 is 0 Å². The Bertz CT molecular complexity index is 939. The van der Waals surface area contributed by atoms with E-state index in [1.54, 1.807) is 30.5 Å². The first-order valence-electron chi connectivity index (χ1n) is 9.24. The van der Waals surface area contributed by atoms with Crippen LogP contribution >= 0.6 is 0 Å². The van der Waals surface area contributed by atoms with Crippen molar-refractivity contribution in [3.63, 3.8) is 0 Å². The summed E-state index contributed by atoms with van der Waals surface area (Å²) < 4.78 is 13.7. The Labute approximate surface area is 164 Å². The molecule has 0 fully saturated rings. The first-order chi connectivity index (χ1) is 13.6. The van der Waals surface area contributed by atoms with E-state index in [2.05, 4.69) is 46.5 Å². The standard InChI is InChI=1S/C22H23FN4O/c1-3-27(4-2)18-11-9-16(10-12-18)25-17-13-14-24-21(15-17)22(28)26-20-8-6-5-7-19(20)23/h5-15H,3-4H2,1-2H3,(H,24,25)(H,26,28). The van der Waals surface area contributed by atoms with E-state index in [0.717, 1.165) is 30.2 Å². The molecule has 144 valence electrons. The smallest absolute Gasteiger partial charge is 0.274 e. The fourth-order valence-corrected chi connectivity index (χ4v) is 2.89. The number of anilines is 4. The van der Waals surface area contributed by atoms with Crippen molar-refractivity contribution >= 4 is 28.7 Å². The van der Waals surface area contributed by atoms with Crippen molar-refractivity contribution in [1.82, 2.24) is 4.98 Å². The Kier molecular flexibility index (Phi) is 6.22. The maximum atomic E-state index is 13.7. The molecule has 1 amide bonds. The van der Waals surface area contributed by atoms with Crippen molar-refractivity contribution in [2.75, 3.05) is 28.6 Å². The number of carbonyl (C=O) groups is 1. The zero-order valence-electron chi connectivity index (χ0n) is 15.9. The van der Waals surface area contributed by atoms with Crippen molar-refractivity contribution < 1.29 is 9.18 Å². The second-order valence-corrected chi connectivity index (χ2v) is 6.21. The van der Waals surface area contributed by atoms with Gasteiger partial charge >= 0.3 is 0 Å². The molecule has 1 aromatic heterocycles. The van der Waals surface area contributed by atoms with Crippen LogP contribution in [0.15, 0.2) is 66.9 Å². The fourth-order valence-electron chi connectivity index (χ4n) is 2.89. The SMILES string of the molecule is CCN(CC)c1ccc(Nc2ccnc(C(=O)Nc3ccccc3F)c2)cc1. The van der Waals surface area contributed by atoms with Gasteiger partial charge in [-0.1, -0.05) is 12.1 Å². The Hall–Kier alpha value is -3.41. The van der Waals surface area contributed by atoms with Gasteiger partial charge in [-0.3, -0.25) is 9.78 Å². The van der Waals surface area contributed by atoms with E-state index in [1.807, 2.05) is 12.1 Å². The van der Waals surface area contributed by atoms with Crippen LogP contribution in [-0.4, -0.2) is 24.0 Å². The minimum absolute atomic E-state index is 0.125. The number of nitrogens with one attached hydrogen (secondary N) is 2. The van der Waals surface area contributed by atoms with Crippen molar-refractivity contribution in [1.29, 1.82) is 0 Å². The molecule has 5 nitrogen and oxygen atoms in total. The summed E-state index contributed by atoms with van der Waals surface area (Å²) in [7, 11) is 0. The molecule has 0 atom stereocenters. The quantitative estimate of drug-likeness (QED) is 0.603. The van der Waals surface area contributed by atoms with E-state index in [0.29, 0.717) is 0 Å². The van der Waals surface area contributed by atoms with Gasteiger partial charge in [-0.2, -0.15) is 0 Å². The first-order valence-corrected chi connectivity index (χ1v) is 9.24. The Morgan fingerprint density at radius 1 is 1.00 bits per heavy atom. The summed E-state index contributed by atoms with van der Waals surface area (Å²) in [4.78, 5) is 18.7. The van der Waals surface area contributed by atoms with Gasteiger partial charge in [0.2, 0.25) is 0 Å². The lowest BCUT2D eigenvalue weighted by Gasteiger charge is -2.21. The number of benzene rings is 2. The Morgan fingerprint density at radius 2 is 1.71 bits per heavy atom. The van der Waals surface area contributed by atoms with Crippen molar-refractivity contribution in [3.05, 3.63) is 78.4 Å². The Morgan fingerprint density at radius 3 is 2.39 bits per heavy atom. The third-order valence-corrected chi connectivity index (χ3v) is 4.40. The lowest BCUT2D eigenvalue weighted by atomic mass is 10.2. The van der Waals surface area contributed by atoms with Gasteiger partial charge in [0.25, 0.3) is 5.91 Å². The summed E-state index contributed by atoms with van der Waals surface area (Å²) in [6, 6.07) is 17.5. The molecule has 6 heteroatoms. The molecule has 1 heterocycles. The monoisotopic (exact) mass is 378 g/mol. The van der Waals surface area contributed by atoms with Crippen LogP contribution in [0.1, 0.15) is 24.3 Å². The van der Waals surface area contributed by atoms with Gasteiger partial charge in [0.05, 0.1) is 5.69 Å². The molecule has 0 unspecified atom stereocenters. The van der Waals surface area contributed by atoms with E-state index < -0.39 is 11.7 Å². The van der Waals surface area contributed by atoms with Gasteiger partial charge in [-0.05, 0) is 62.4 Å². The van der Waals surface area contributed by atoms with Gasteiger partial charge < -0.3 is 15.5 Å². The number of hydrogen-bond donors (Lipinski definition) is 2. The average Bonchev–Trinajstić information content (AvgIpc) is 2.72. The second kappa shape index (κ2) is 8.99. The van der Waals surface area contributed by atoms with Gasteiger partial charge in [0.15, 0.2) is 0 Å². The highest BCUT2D eigenvalue weighted by atomic mass is 19.1. The number of amides is 1.